The monoisotopic (exact) mass is 252 g/mol. The van der Waals surface area contributed by atoms with E-state index in [9.17, 15) is 4.79 Å². The van der Waals surface area contributed by atoms with Crippen LogP contribution in [0.25, 0.3) is 0 Å². The molecule has 1 aromatic rings. The van der Waals surface area contributed by atoms with E-state index in [1.807, 2.05) is 0 Å². The average Bonchev–Trinajstić information content (AvgIpc) is 2.67. The number of hydrogen-bond donors (Lipinski definition) is 2. The highest BCUT2D eigenvalue weighted by atomic mass is 32.1. The molecule has 1 atom stereocenters. The number of amides is 1. The van der Waals surface area contributed by atoms with Gasteiger partial charge in [0.1, 0.15) is 0 Å². The van der Waals surface area contributed by atoms with Crippen LogP contribution in [-0.4, -0.2) is 19.0 Å². The first-order valence-electron chi connectivity index (χ1n) is 6.21. The summed E-state index contributed by atoms with van der Waals surface area (Å²) < 4.78 is 0. The Morgan fingerprint density at radius 2 is 2.41 bits per heavy atom. The van der Waals surface area contributed by atoms with Crippen molar-refractivity contribution in [1.29, 1.82) is 0 Å². The molecule has 2 N–H and O–H groups in total. The first kappa shape index (κ1) is 12.6. The largest absolute Gasteiger partial charge is 0.351 e. The number of carbonyl (C=O) groups excluding carboxylic acids is 1. The van der Waals surface area contributed by atoms with Crippen molar-refractivity contribution in [2.24, 2.45) is 5.92 Å². The summed E-state index contributed by atoms with van der Waals surface area (Å²) in [5, 5.41) is 6.31. The number of carbonyl (C=O) groups is 1. The minimum atomic E-state index is 0.158. The van der Waals surface area contributed by atoms with Crippen LogP contribution in [0.15, 0.2) is 6.07 Å². The molecule has 0 aromatic carbocycles. The van der Waals surface area contributed by atoms with Crippen LogP contribution in [0.5, 0.6) is 0 Å². The van der Waals surface area contributed by atoms with Gasteiger partial charge in [0.05, 0.1) is 12.5 Å². The zero-order chi connectivity index (χ0) is 12.3. The molecule has 0 spiro atoms. The first-order chi connectivity index (χ1) is 8.16. The molecule has 1 aliphatic heterocycles. The fourth-order valence-corrected chi connectivity index (χ4v) is 3.12. The van der Waals surface area contributed by atoms with Crippen molar-refractivity contribution < 1.29 is 4.79 Å². The fourth-order valence-electron chi connectivity index (χ4n) is 2.13. The summed E-state index contributed by atoms with van der Waals surface area (Å²) in [6.07, 6.45) is 2.12. The lowest BCUT2D eigenvalue weighted by atomic mass is 9.99. The number of hydrogen-bond acceptors (Lipinski definition) is 3. The molecule has 0 unspecified atom stereocenters. The van der Waals surface area contributed by atoms with Gasteiger partial charge < -0.3 is 10.6 Å². The molecule has 0 bridgehead atoms. The van der Waals surface area contributed by atoms with Crippen molar-refractivity contribution in [2.75, 3.05) is 13.1 Å². The van der Waals surface area contributed by atoms with Crippen LogP contribution in [0.4, 0.5) is 0 Å². The maximum Gasteiger partial charge on any atom is 0.224 e. The van der Waals surface area contributed by atoms with Crippen LogP contribution in [0.1, 0.15) is 28.2 Å². The Bertz CT molecular complexity index is 375. The molecule has 2 rings (SSSR count). The standard InChI is InChI=1S/C13H20N2OS/c1-9-6-12(17-10(9)2)8-15-13(16)11-4-3-5-14-7-11/h6,11,14H,3-5,7-8H2,1-2H3,(H,15,16)/t11-/m1/s1. The van der Waals surface area contributed by atoms with Crippen molar-refractivity contribution in [3.63, 3.8) is 0 Å². The number of nitrogens with one attached hydrogen (secondary N) is 2. The van der Waals surface area contributed by atoms with E-state index in [0.717, 1.165) is 25.9 Å². The van der Waals surface area contributed by atoms with Gasteiger partial charge in [-0.1, -0.05) is 0 Å². The van der Waals surface area contributed by atoms with Crippen molar-refractivity contribution in [3.05, 3.63) is 21.4 Å². The summed E-state index contributed by atoms with van der Waals surface area (Å²) in [6.45, 7) is 6.79. The third-order valence-corrected chi connectivity index (χ3v) is 4.47. The second-order valence-electron chi connectivity index (χ2n) is 4.71. The summed E-state index contributed by atoms with van der Waals surface area (Å²) >= 11 is 1.77. The topological polar surface area (TPSA) is 41.1 Å². The van der Waals surface area contributed by atoms with Crippen LogP contribution in [0.3, 0.4) is 0 Å². The Labute approximate surface area is 107 Å². The van der Waals surface area contributed by atoms with Gasteiger partial charge in [-0.25, -0.2) is 0 Å². The van der Waals surface area contributed by atoms with E-state index < -0.39 is 0 Å². The van der Waals surface area contributed by atoms with Crippen molar-refractivity contribution in [3.8, 4) is 0 Å². The third-order valence-electron chi connectivity index (χ3n) is 3.32. The second-order valence-corrected chi connectivity index (χ2v) is 6.05. The van der Waals surface area contributed by atoms with Crippen molar-refractivity contribution in [2.45, 2.75) is 33.2 Å². The van der Waals surface area contributed by atoms with Crippen molar-refractivity contribution >= 4 is 17.2 Å². The molecule has 0 aliphatic carbocycles. The van der Waals surface area contributed by atoms with Crippen molar-refractivity contribution in [1.82, 2.24) is 10.6 Å². The zero-order valence-electron chi connectivity index (χ0n) is 10.5. The summed E-state index contributed by atoms with van der Waals surface area (Å²) in [6, 6.07) is 2.17. The highest BCUT2D eigenvalue weighted by molar-refractivity contribution is 7.12. The third kappa shape index (κ3) is 3.30. The van der Waals surface area contributed by atoms with Crippen LogP contribution in [-0.2, 0) is 11.3 Å². The van der Waals surface area contributed by atoms with Gasteiger partial charge in [-0.05, 0) is 44.9 Å². The summed E-state index contributed by atoms with van der Waals surface area (Å²) in [7, 11) is 0. The van der Waals surface area contributed by atoms with Gasteiger partial charge in [0.2, 0.25) is 5.91 Å². The number of aryl methyl sites for hydroxylation is 2. The van der Waals surface area contributed by atoms with Gasteiger partial charge in [0.15, 0.2) is 0 Å². The second kappa shape index (κ2) is 5.65. The fraction of sp³-hybridized carbons (Fsp3) is 0.615. The summed E-state index contributed by atoms with van der Waals surface area (Å²) in [4.78, 5) is 14.5. The zero-order valence-corrected chi connectivity index (χ0v) is 11.3. The molecule has 0 radical (unpaired) electrons. The predicted molar refractivity (Wildman–Crippen MR) is 71.2 cm³/mol. The molecule has 94 valence electrons. The molecule has 1 amide bonds. The Balaban J connectivity index is 1.83. The quantitative estimate of drug-likeness (QED) is 0.863. The molecule has 1 aromatic heterocycles. The van der Waals surface area contributed by atoms with Gasteiger partial charge in [0, 0.05) is 16.3 Å². The minimum absolute atomic E-state index is 0.158. The Morgan fingerprint density at radius 1 is 1.59 bits per heavy atom. The van der Waals surface area contributed by atoms with Gasteiger partial charge >= 0.3 is 0 Å². The smallest absolute Gasteiger partial charge is 0.224 e. The van der Waals surface area contributed by atoms with E-state index >= 15 is 0 Å². The molecule has 2 heterocycles. The molecule has 1 aliphatic rings. The normalized spacial score (nSPS) is 20.2. The van der Waals surface area contributed by atoms with Crippen LogP contribution >= 0.6 is 11.3 Å². The molecule has 1 saturated heterocycles. The summed E-state index contributed by atoms with van der Waals surface area (Å²) in [5.74, 6) is 0.354. The Kier molecular flexibility index (Phi) is 4.18. The average molecular weight is 252 g/mol. The summed E-state index contributed by atoms with van der Waals surface area (Å²) in [5.41, 5.74) is 1.32. The minimum Gasteiger partial charge on any atom is -0.351 e. The van der Waals surface area contributed by atoms with E-state index in [-0.39, 0.29) is 11.8 Å². The van der Waals surface area contributed by atoms with E-state index in [1.165, 1.54) is 15.3 Å². The molecular formula is C13H20N2OS. The number of thiophene rings is 1. The lowest BCUT2D eigenvalue weighted by molar-refractivity contribution is -0.125. The lowest BCUT2D eigenvalue weighted by Gasteiger charge is -2.21. The van der Waals surface area contributed by atoms with Gasteiger partial charge in [-0.3, -0.25) is 4.79 Å². The molecule has 1 fully saturated rings. The molecular weight excluding hydrogens is 232 g/mol. The lowest BCUT2D eigenvalue weighted by Crippen LogP contribution is -2.40. The first-order valence-corrected chi connectivity index (χ1v) is 7.03. The molecule has 4 heteroatoms. The van der Waals surface area contributed by atoms with E-state index in [1.54, 1.807) is 11.3 Å². The maximum atomic E-state index is 11.9. The van der Waals surface area contributed by atoms with Crippen LogP contribution < -0.4 is 10.6 Å². The Morgan fingerprint density at radius 3 is 3.00 bits per heavy atom. The number of rotatable bonds is 3. The maximum absolute atomic E-state index is 11.9. The predicted octanol–water partition coefficient (Wildman–Crippen LogP) is 1.98. The van der Waals surface area contributed by atoms with Crippen LogP contribution in [0.2, 0.25) is 0 Å². The molecule has 0 saturated carbocycles. The SMILES string of the molecule is Cc1cc(CNC(=O)[C@@H]2CCCNC2)sc1C. The van der Waals surface area contributed by atoms with E-state index in [0.29, 0.717) is 6.54 Å². The number of piperidine rings is 1. The molecule has 17 heavy (non-hydrogen) atoms. The van der Waals surface area contributed by atoms with Crippen LogP contribution in [0, 0.1) is 19.8 Å². The van der Waals surface area contributed by atoms with Gasteiger partial charge in [-0.2, -0.15) is 0 Å². The highest BCUT2D eigenvalue weighted by Gasteiger charge is 2.20. The Hall–Kier alpha value is -0.870. The van der Waals surface area contributed by atoms with Gasteiger partial charge in [0.25, 0.3) is 0 Å². The highest BCUT2D eigenvalue weighted by Crippen LogP contribution is 2.20. The molecule has 3 nitrogen and oxygen atoms in total. The van der Waals surface area contributed by atoms with E-state index in [2.05, 4.69) is 30.5 Å². The van der Waals surface area contributed by atoms with Gasteiger partial charge in [-0.15, -0.1) is 11.3 Å². The van der Waals surface area contributed by atoms with E-state index in [4.69, 9.17) is 0 Å².